The van der Waals surface area contributed by atoms with Crippen LogP contribution in [0.5, 0.6) is 0 Å². The predicted molar refractivity (Wildman–Crippen MR) is 209 cm³/mol. The van der Waals surface area contributed by atoms with E-state index >= 15 is 0 Å². The van der Waals surface area contributed by atoms with Gasteiger partial charge in [0.2, 0.25) is 0 Å². The van der Waals surface area contributed by atoms with Crippen LogP contribution in [-0.4, -0.2) is 19.1 Å². The van der Waals surface area contributed by atoms with Crippen LogP contribution in [0.4, 0.5) is 0 Å². The minimum Gasteiger partial charge on any atom is -0.455 e. The van der Waals surface area contributed by atoms with E-state index in [2.05, 4.69) is 143 Å². The lowest BCUT2D eigenvalue weighted by Crippen LogP contribution is -1.98. The quantitative estimate of drug-likeness (QED) is 0.190. The van der Waals surface area contributed by atoms with Crippen molar-refractivity contribution in [1.29, 1.82) is 0 Å². The Morgan fingerprint density at radius 3 is 2.12 bits per heavy atom. The Hall–Kier alpha value is -6.98. The molecule has 5 nitrogen and oxygen atoms in total. The first-order chi connectivity index (χ1) is 25.3. The van der Waals surface area contributed by atoms with Gasteiger partial charge in [0.15, 0.2) is 0 Å². The molecule has 0 aliphatic carbocycles. The highest BCUT2D eigenvalue weighted by Gasteiger charge is 2.24. The molecular formula is C46H28N4O. The highest BCUT2D eigenvalue weighted by Crippen LogP contribution is 2.46. The van der Waals surface area contributed by atoms with Gasteiger partial charge in [-0.25, -0.2) is 4.98 Å². The molecule has 0 radical (unpaired) electrons. The van der Waals surface area contributed by atoms with Crippen molar-refractivity contribution in [2.45, 2.75) is 0 Å². The third-order valence-electron chi connectivity index (χ3n) is 10.2. The molecule has 7 aromatic carbocycles. The van der Waals surface area contributed by atoms with Crippen molar-refractivity contribution < 1.29 is 4.42 Å². The number of imidazole rings is 1. The molecule has 0 bridgehead atoms. The number of aromatic nitrogens is 4. The van der Waals surface area contributed by atoms with Crippen LogP contribution in [0, 0.1) is 0 Å². The van der Waals surface area contributed by atoms with Crippen molar-refractivity contribution in [2.75, 3.05) is 0 Å². The van der Waals surface area contributed by atoms with E-state index in [0.717, 1.165) is 83.4 Å². The summed E-state index contributed by atoms with van der Waals surface area (Å²) in [6.07, 6.45) is 1.85. The topological polar surface area (TPSA) is 48.8 Å². The largest absolute Gasteiger partial charge is 0.455 e. The number of fused-ring (bicyclic) bond motifs is 10. The number of rotatable bonds is 4. The van der Waals surface area contributed by atoms with E-state index in [0.29, 0.717) is 0 Å². The van der Waals surface area contributed by atoms with Crippen molar-refractivity contribution in [3.8, 4) is 34.0 Å². The van der Waals surface area contributed by atoms with Crippen molar-refractivity contribution in [1.82, 2.24) is 19.1 Å². The molecule has 0 N–H and O–H groups in total. The summed E-state index contributed by atoms with van der Waals surface area (Å²) in [6.45, 7) is 0. The molecule has 5 heteroatoms. The van der Waals surface area contributed by atoms with Gasteiger partial charge in [0.1, 0.15) is 17.0 Å². The average molecular weight is 653 g/mol. The molecule has 11 aromatic rings. The molecule has 0 unspecified atom stereocenters. The first kappa shape index (κ1) is 27.9. The van der Waals surface area contributed by atoms with Crippen LogP contribution in [0.3, 0.4) is 0 Å². The molecule has 11 rings (SSSR count). The monoisotopic (exact) mass is 652 g/mol. The van der Waals surface area contributed by atoms with Crippen LogP contribution in [0.2, 0.25) is 0 Å². The Balaban J connectivity index is 1.23. The lowest BCUT2D eigenvalue weighted by molar-refractivity contribution is 0.670. The van der Waals surface area contributed by atoms with Gasteiger partial charge in [-0.3, -0.25) is 9.55 Å². The molecule has 0 fully saturated rings. The maximum absolute atomic E-state index is 6.72. The third kappa shape index (κ3) is 4.09. The summed E-state index contributed by atoms with van der Waals surface area (Å²) in [5.41, 5.74) is 11.0. The van der Waals surface area contributed by atoms with E-state index in [1.165, 1.54) is 16.2 Å². The molecule has 0 aliphatic heterocycles. The van der Waals surface area contributed by atoms with Gasteiger partial charge < -0.3 is 8.98 Å². The molecule has 238 valence electrons. The first-order valence-electron chi connectivity index (χ1n) is 17.2. The van der Waals surface area contributed by atoms with Crippen molar-refractivity contribution in [3.63, 3.8) is 0 Å². The lowest BCUT2D eigenvalue weighted by atomic mass is 9.99. The van der Waals surface area contributed by atoms with E-state index in [4.69, 9.17) is 14.4 Å². The van der Waals surface area contributed by atoms with Crippen LogP contribution < -0.4 is 0 Å². The van der Waals surface area contributed by atoms with E-state index in [1.54, 1.807) is 0 Å². The van der Waals surface area contributed by atoms with Gasteiger partial charge in [-0.15, -0.1) is 0 Å². The van der Waals surface area contributed by atoms with E-state index in [9.17, 15) is 0 Å². The molecular weight excluding hydrogens is 625 g/mol. The number of para-hydroxylation sites is 4. The Morgan fingerprint density at radius 1 is 0.510 bits per heavy atom. The smallest absolute Gasteiger partial charge is 0.146 e. The van der Waals surface area contributed by atoms with E-state index in [-0.39, 0.29) is 0 Å². The summed E-state index contributed by atoms with van der Waals surface area (Å²) in [5.74, 6) is 0.908. The standard InChI is InChI=1S/C46H28N4O/c1-2-13-31(14-3-1)50-39-19-8-7-18-38(39)48-46(50)30-21-24-32(25-22-30)49-40-26-23-29-12-4-5-15-33(29)42(40)36-28-35(37-17-10-11-27-47-37)45-43(44(36)49)34-16-6-9-20-41(34)51-45/h1-28H. The highest BCUT2D eigenvalue weighted by molar-refractivity contribution is 6.31. The van der Waals surface area contributed by atoms with Crippen LogP contribution >= 0.6 is 0 Å². The molecule has 51 heavy (non-hydrogen) atoms. The fourth-order valence-corrected chi connectivity index (χ4v) is 7.95. The van der Waals surface area contributed by atoms with Gasteiger partial charge in [-0.05, 0) is 89.6 Å². The van der Waals surface area contributed by atoms with Gasteiger partial charge in [0.25, 0.3) is 0 Å². The van der Waals surface area contributed by atoms with Gasteiger partial charge in [0, 0.05) is 44.9 Å². The number of furan rings is 1. The minimum atomic E-state index is 0.837. The van der Waals surface area contributed by atoms with Gasteiger partial charge in [-0.1, -0.05) is 84.9 Å². The Morgan fingerprint density at radius 2 is 1.25 bits per heavy atom. The van der Waals surface area contributed by atoms with Gasteiger partial charge in [-0.2, -0.15) is 0 Å². The first-order valence-corrected chi connectivity index (χ1v) is 17.2. The summed E-state index contributed by atoms with van der Waals surface area (Å²) in [5, 5.41) is 6.96. The maximum Gasteiger partial charge on any atom is 0.146 e. The minimum absolute atomic E-state index is 0.837. The molecule has 0 saturated carbocycles. The van der Waals surface area contributed by atoms with Crippen molar-refractivity contribution in [3.05, 3.63) is 170 Å². The van der Waals surface area contributed by atoms with Crippen molar-refractivity contribution in [2.24, 2.45) is 0 Å². The fourth-order valence-electron chi connectivity index (χ4n) is 7.95. The number of pyridine rings is 1. The predicted octanol–water partition coefficient (Wildman–Crippen LogP) is 11.9. The second kappa shape index (κ2) is 10.8. The van der Waals surface area contributed by atoms with Crippen LogP contribution in [0.1, 0.15) is 0 Å². The fraction of sp³-hybridized carbons (Fsp3) is 0. The summed E-state index contributed by atoms with van der Waals surface area (Å²) in [7, 11) is 0. The Bertz CT molecular complexity index is 3120. The molecule has 0 aliphatic rings. The summed E-state index contributed by atoms with van der Waals surface area (Å²) < 4.78 is 11.4. The summed E-state index contributed by atoms with van der Waals surface area (Å²) >= 11 is 0. The number of benzene rings is 7. The zero-order chi connectivity index (χ0) is 33.5. The Kier molecular flexibility index (Phi) is 5.89. The number of hydrogen-bond acceptors (Lipinski definition) is 3. The van der Waals surface area contributed by atoms with E-state index in [1.807, 2.05) is 36.5 Å². The van der Waals surface area contributed by atoms with Gasteiger partial charge >= 0.3 is 0 Å². The van der Waals surface area contributed by atoms with Gasteiger partial charge in [0.05, 0.1) is 33.1 Å². The zero-order valence-corrected chi connectivity index (χ0v) is 27.4. The lowest BCUT2D eigenvalue weighted by Gasteiger charge is -2.12. The highest BCUT2D eigenvalue weighted by atomic mass is 16.3. The molecule has 0 saturated heterocycles. The normalized spacial score (nSPS) is 11.9. The van der Waals surface area contributed by atoms with Crippen LogP contribution in [0.25, 0.3) is 99.6 Å². The third-order valence-corrected chi connectivity index (χ3v) is 10.2. The van der Waals surface area contributed by atoms with E-state index < -0.39 is 0 Å². The second-order valence-electron chi connectivity index (χ2n) is 13.0. The van der Waals surface area contributed by atoms with Crippen LogP contribution in [0.15, 0.2) is 174 Å². The maximum atomic E-state index is 6.72. The molecule has 0 atom stereocenters. The molecule has 0 amide bonds. The van der Waals surface area contributed by atoms with Crippen molar-refractivity contribution >= 4 is 65.6 Å². The second-order valence-corrected chi connectivity index (χ2v) is 13.0. The summed E-state index contributed by atoms with van der Waals surface area (Å²) in [6, 6.07) is 57.4. The number of hydrogen-bond donors (Lipinski definition) is 0. The number of nitrogens with zero attached hydrogens (tertiary/aromatic N) is 4. The zero-order valence-electron chi connectivity index (χ0n) is 27.4. The Labute approximate surface area is 292 Å². The summed E-state index contributed by atoms with van der Waals surface area (Å²) in [4.78, 5) is 9.92. The average Bonchev–Trinajstić information content (AvgIpc) is 3.88. The van der Waals surface area contributed by atoms with Crippen LogP contribution in [-0.2, 0) is 0 Å². The molecule has 0 spiro atoms. The SMILES string of the molecule is c1ccc(-n2c(-c3ccc(-n4c5ccc6ccccc6c5c5cc(-c6ccccn6)c6oc7ccccc7c6c54)cc3)nc3ccccc32)cc1. The molecule has 4 aromatic heterocycles. The molecule has 4 heterocycles.